The number of benzene rings is 1. The molecule has 2 rings (SSSR count). The van der Waals surface area contributed by atoms with Crippen molar-refractivity contribution in [1.82, 2.24) is 14.9 Å². The maximum absolute atomic E-state index is 13.4. The molecule has 1 amide bonds. The Hall–Kier alpha value is -2.37. The second-order valence-corrected chi connectivity index (χ2v) is 4.64. The smallest absolute Gasteiger partial charge is 0.260 e. The molecule has 0 aliphatic carbocycles. The minimum absolute atomic E-state index is 0.0820. The predicted octanol–water partition coefficient (Wildman–Crippen LogP) is 2.00. The van der Waals surface area contributed by atoms with Gasteiger partial charge in [0.1, 0.15) is 0 Å². The fourth-order valence-electron chi connectivity index (χ4n) is 1.82. The number of nitrogens with one attached hydrogen (secondary N) is 1. The van der Waals surface area contributed by atoms with Crippen LogP contribution < -0.4 is 10.1 Å². The Morgan fingerprint density at radius 1 is 1.48 bits per heavy atom. The minimum Gasteiger partial charge on any atom is -0.478 e. The van der Waals surface area contributed by atoms with Crippen molar-refractivity contribution < 1.29 is 13.9 Å². The molecule has 6 heteroatoms. The molecule has 2 aromatic rings. The Labute approximate surface area is 122 Å². The van der Waals surface area contributed by atoms with Crippen LogP contribution in [0.5, 0.6) is 5.75 Å². The monoisotopic (exact) mass is 291 g/mol. The molecule has 0 radical (unpaired) electrons. The van der Waals surface area contributed by atoms with Gasteiger partial charge in [0.25, 0.3) is 5.91 Å². The number of hydrogen-bond donors (Lipinski definition) is 1. The van der Waals surface area contributed by atoms with Crippen molar-refractivity contribution in [2.45, 2.75) is 26.0 Å². The zero-order valence-electron chi connectivity index (χ0n) is 11.8. The molecule has 21 heavy (non-hydrogen) atoms. The molecule has 0 aliphatic rings. The third-order valence-corrected chi connectivity index (χ3v) is 2.96. The van der Waals surface area contributed by atoms with E-state index in [1.54, 1.807) is 31.6 Å². The lowest BCUT2D eigenvalue weighted by Crippen LogP contribution is -2.37. The number of aromatic nitrogens is 2. The molecule has 0 bridgehead atoms. The van der Waals surface area contributed by atoms with Crippen molar-refractivity contribution in [2.75, 3.05) is 6.54 Å². The van der Waals surface area contributed by atoms with Crippen molar-refractivity contribution in [2.24, 2.45) is 0 Å². The molecule has 0 aliphatic heterocycles. The van der Waals surface area contributed by atoms with Crippen molar-refractivity contribution in [3.05, 3.63) is 48.8 Å². The summed E-state index contributed by atoms with van der Waals surface area (Å²) >= 11 is 0. The SMILES string of the molecule is CC(Oc1ccccc1F)C(=O)NCCCn1ccnc1. The van der Waals surface area contributed by atoms with E-state index in [2.05, 4.69) is 10.3 Å². The van der Waals surface area contributed by atoms with Crippen LogP contribution >= 0.6 is 0 Å². The fraction of sp³-hybridized carbons (Fsp3) is 0.333. The van der Waals surface area contributed by atoms with Gasteiger partial charge in [-0.1, -0.05) is 12.1 Å². The van der Waals surface area contributed by atoms with Gasteiger partial charge in [0, 0.05) is 25.5 Å². The van der Waals surface area contributed by atoms with Crippen LogP contribution in [-0.4, -0.2) is 28.1 Å². The summed E-state index contributed by atoms with van der Waals surface area (Å²) in [6.07, 6.45) is 5.35. The predicted molar refractivity (Wildman–Crippen MR) is 76.3 cm³/mol. The van der Waals surface area contributed by atoms with Gasteiger partial charge in [-0.2, -0.15) is 0 Å². The summed E-state index contributed by atoms with van der Waals surface area (Å²) in [4.78, 5) is 15.8. The van der Waals surface area contributed by atoms with E-state index >= 15 is 0 Å². The van der Waals surface area contributed by atoms with Crippen LogP contribution in [0.25, 0.3) is 0 Å². The molecule has 1 unspecified atom stereocenters. The third-order valence-electron chi connectivity index (χ3n) is 2.96. The Balaban J connectivity index is 1.71. The number of para-hydroxylation sites is 1. The lowest BCUT2D eigenvalue weighted by molar-refractivity contribution is -0.127. The molecule has 1 N–H and O–H groups in total. The van der Waals surface area contributed by atoms with Gasteiger partial charge in [-0.3, -0.25) is 4.79 Å². The molecule has 1 heterocycles. The maximum Gasteiger partial charge on any atom is 0.260 e. The number of carbonyl (C=O) groups excluding carboxylic acids is 1. The van der Waals surface area contributed by atoms with Crippen LogP contribution in [0.15, 0.2) is 43.0 Å². The van der Waals surface area contributed by atoms with Gasteiger partial charge in [0.2, 0.25) is 0 Å². The van der Waals surface area contributed by atoms with Crippen molar-refractivity contribution in [3.63, 3.8) is 0 Å². The lowest BCUT2D eigenvalue weighted by atomic mass is 10.3. The van der Waals surface area contributed by atoms with Crippen molar-refractivity contribution in [3.8, 4) is 5.75 Å². The zero-order chi connectivity index (χ0) is 15.1. The number of aryl methyl sites for hydroxylation is 1. The van der Waals surface area contributed by atoms with Crippen LogP contribution in [0.2, 0.25) is 0 Å². The second kappa shape index (κ2) is 7.42. The summed E-state index contributed by atoms with van der Waals surface area (Å²) in [6.45, 7) is 2.91. The van der Waals surface area contributed by atoms with E-state index in [0.717, 1.165) is 13.0 Å². The first-order valence-corrected chi connectivity index (χ1v) is 6.81. The molecule has 0 fully saturated rings. The normalized spacial score (nSPS) is 11.9. The van der Waals surface area contributed by atoms with E-state index in [9.17, 15) is 9.18 Å². The van der Waals surface area contributed by atoms with Gasteiger partial charge in [-0.25, -0.2) is 9.37 Å². The minimum atomic E-state index is -0.741. The number of hydrogen-bond acceptors (Lipinski definition) is 3. The number of nitrogens with zero attached hydrogens (tertiary/aromatic N) is 2. The fourth-order valence-corrected chi connectivity index (χ4v) is 1.82. The first-order chi connectivity index (χ1) is 10.2. The number of imidazole rings is 1. The van der Waals surface area contributed by atoms with E-state index in [4.69, 9.17) is 4.74 Å². The summed E-state index contributed by atoms with van der Waals surface area (Å²) in [5, 5.41) is 2.76. The van der Waals surface area contributed by atoms with Gasteiger partial charge in [-0.05, 0) is 25.5 Å². The van der Waals surface area contributed by atoms with Gasteiger partial charge >= 0.3 is 0 Å². The number of carbonyl (C=O) groups is 1. The Bertz CT molecular complexity index is 572. The first kappa shape index (κ1) is 15.0. The molecular formula is C15H18FN3O2. The Morgan fingerprint density at radius 2 is 2.29 bits per heavy atom. The standard InChI is InChI=1S/C15H18FN3O2/c1-12(21-14-6-3-2-5-13(14)16)15(20)18-7-4-9-19-10-8-17-11-19/h2-3,5-6,8,10-12H,4,7,9H2,1H3,(H,18,20). The van der Waals surface area contributed by atoms with Crippen molar-refractivity contribution in [1.29, 1.82) is 0 Å². The number of halogens is 1. The maximum atomic E-state index is 13.4. The highest BCUT2D eigenvalue weighted by Gasteiger charge is 2.15. The zero-order valence-corrected chi connectivity index (χ0v) is 11.8. The summed E-state index contributed by atoms with van der Waals surface area (Å²) in [7, 11) is 0. The van der Waals surface area contributed by atoms with Gasteiger partial charge in [-0.15, -0.1) is 0 Å². The topological polar surface area (TPSA) is 56.1 Å². The van der Waals surface area contributed by atoms with Crippen LogP contribution in [-0.2, 0) is 11.3 Å². The molecule has 0 spiro atoms. The van der Waals surface area contributed by atoms with E-state index in [1.807, 2.05) is 10.8 Å². The molecule has 1 aromatic carbocycles. The summed E-state index contributed by atoms with van der Waals surface area (Å²) < 4.78 is 20.7. The van der Waals surface area contributed by atoms with E-state index in [1.165, 1.54) is 12.1 Å². The molecule has 0 saturated heterocycles. The van der Waals surface area contributed by atoms with E-state index in [0.29, 0.717) is 6.54 Å². The lowest BCUT2D eigenvalue weighted by Gasteiger charge is -2.15. The molecule has 5 nitrogen and oxygen atoms in total. The summed E-state index contributed by atoms with van der Waals surface area (Å²) in [5.41, 5.74) is 0. The molecule has 1 atom stereocenters. The second-order valence-electron chi connectivity index (χ2n) is 4.64. The Kier molecular flexibility index (Phi) is 5.31. The number of ether oxygens (including phenoxy) is 1. The average Bonchev–Trinajstić information content (AvgIpc) is 2.99. The number of amides is 1. The van der Waals surface area contributed by atoms with Crippen molar-refractivity contribution >= 4 is 5.91 Å². The van der Waals surface area contributed by atoms with Crippen LogP contribution in [0, 0.1) is 5.82 Å². The molecule has 1 aromatic heterocycles. The average molecular weight is 291 g/mol. The molecule has 0 saturated carbocycles. The quantitative estimate of drug-likeness (QED) is 0.794. The van der Waals surface area contributed by atoms with Gasteiger partial charge in [0.05, 0.1) is 6.33 Å². The largest absolute Gasteiger partial charge is 0.478 e. The van der Waals surface area contributed by atoms with Gasteiger partial charge in [0.15, 0.2) is 17.7 Å². The van der Waals surface area contributed by atoms with Gasteiger partial charge < -0.3 is 14.6 Å². The highest BCUT2D eigenvalue weighted by atomic mass is 19.1. The van der Waals surface area contributed by atoms with E-state index in [-0.39, 0.29) is 11.7 Å². The highest BCUT2D eigenvalue weighted by molar-refractivity contribution is 5.80. The van der Waals surface area contributed by atoms with Crippen LogP contribution in [0.3, 0.4) is 0 Å². The molecular weight excluding hydrogens is 273 g/mol. The highest BCUT2D eigenvalue weighted by Crippen LogP contribution is 2.16. The van der Waals surface area contributed by atoms with E-state index < -0.39 is 11.9 Å². The summed E-state index contributed by atoms with van der Waals surface area (Å²) in [6, 6.07) is 6.03. The summed E-state index contributed by atoms with van der Waals surface area (Å²) in [5.74, 6) is -0.653. The van der Waals surface area contributed by atoms with Crippen LogP contribution in [0.1, 0.15) is 13.3 Å². The third kappa shape index (κ3) is 4.59. The van der Waals surface area contributed by atoms with Crippen LogP contribution in [0.4, 0.5) is 4.39 Å². The molecule has 112 valence electrons. The number of rotatable bonds is 7. The first-order valence-electron chi connectivity index (χ1n) is 6.81. The Morgan fingerprint density at radius 3 is 3.00 bits per heavy atom.